The fourth-order valence-corrected chi connectivity index (χ4v) is 3.32. The molecule has 3 rings (SSSR count). The summed E-state index contributed by atoms with van der Waals surface area (Å²) in [6, 6.07) is 7.31. The minimum absolute atomic E-state index is 0.180. The van der Waals surface area contributed by atoms with Crippen LogP contribution in [0.4, 0.5) is 5.69 Å². The molecule has 1 saturated carbocycles. The summed E-state index contributed by atoms with van der Waals surface area (Å²) in [7, 11) is 0. The van der Waals surface area contributed by atoms with Crippen LogP contribution in [0.3, 0.4) is 0 Å². The molecule has 2 aliphatic carbocycles. The summed E-state index contributed by atoms with van der Waals surface area (Å²) in [5.74, 6) is 1.59. The van der Waals surface area contributed by atoms with Crippen molar-refractivity contribution >= 4 is 23.2 Å². The lowest BCUT2D eigenvalue weighted by molar-refractivity contribution is -0.117. The average Bonchev–Trinajstić information content (AvgIpc) is 3.03. The van der Waals surface area contributed by atoms with Gasteiger partial charge in [-0.15, -0.1) is 0 Å². The van der Waals surface area contributed by atoms with Crippen molar-refractivity contribution in [3.63, 3.8) is 0 Å². The molecule has 0 aliphatic heterocycles. The van der Waals surface area contributed by atoms with Gasteiger partial charge in [-0.1, -0.05) is 23.8 Å². The van der Waals surface area contributed by atoms with E-state index in [4.69, 9.17) is 11.6 Å². The number of hydrogen-bond donors (Lipinski definition) is 1. The van der Waals surface area contributed by atoms with Crippen LogP contribution in [0.15, 0.2) is 36.4 Å². The van der Waals surface area contributed by atoms with Crippen LogP contribution in [-0.2, 0) is 4.79 Å². The van der Waals surface area contributed by atoms with Gasteiger partial charge in [0.25, 0.3) is 0 Å². The highest BCUT2D eigenvalue weighted by atomic mass is 35.5. The van der Waals surface area contributed by atoms with Crippen LogP contribution in [0.1, 0.15) is 25.7 Å². The third-order valence-electron chi connectivity index (χ3n) is 4.25. The Morgan fingerprint density at radius 2 is 1.63 bits per heavy atom. The van der Waals surface area contributed by atoms with Gasteiger partial charge in [0.2, 0.25) is 5.91 Å². The van der Waals surface area contributed by atoms with Crippen LogP contribution >= 0.6 is 11.6 Å². The number of halogens is 1. The van der Waals surface area contributed by atoms with Crippen molar-refractivity contribution < 1.29 is 4.79 Å². The molecule has 0 radical (unpaired) electrons. The Morgan fingerprint density at radius 1 is 1.05 bits per heavy atom. The van der Waals surface area contributed by atoms with Crippen molar-refractivity contribution in [2.75, 3.05) is 5.32 Å². The van der Waals surface area contributed by atoms with Gasteiger partial charge < -0.3 is 5.32 Å². The number of benzene rings is 1. The largest absolute Gasteiger partial charge is 0.326 e. The first-order valence-electron chi connectivity index (χ1n) is 6.97. The lowest BCUT2D eigenvalue weighted by atomic mass is 10.1. The topological polar surface area (TPSA) is 29.1 Å². The van der Waals surface area contributed by atoms with E-state index in [-0.39, 0.29) is 11.8 Å². The minimum atomic E-state index is 0.180. The number of allylic oxidation sites excluding steroid dienone is 2. The van der Waals surface area contributed by atoms with E-state index in [9.17, 15) is 4.79 Å². The summed E-state index contributed by atoms with van der Waals surface area (Å²) in [4.78, 5) is 12.3. The fourth-order valence-electron chi connectivity index (χ4n) is 3.19. The Labute approximate surface area is 118 Å². The number of rotatable bonds is 2. The molecule has 0 aromatic heterocycles. The van der Waals surface area contributed by atoms with Gasteiger partial charge in [0.15, 0.2) is 0 Å². The summed E-state index contributed by atoms with van der Waals surface area (Å²) in [5.41, 5.74) is 0.840. The molecule has 100 valence electrons. The van der Waals surface area contributed by atoms with Crippen LogP contribution in [-0.4, -0.2) is 5.91 Å². The van der Waals surface area contributed by atoms with Crippen molar-refractivity contribution in [1.29, 1.82) is 0 Å². The zero-order valence-electron chi connectivity index (χ0n) is 10.8. The molecule has 1 amide bonds. The van der Waals surface area contributed by atoms with Crippen molar-refractivity contribution in [2.45, 2.75) is 25.7 Å². The molecule has 0 bridgehead atoms. The number of hydrogen-bond acceptors (Lipinski definition) is 1. The van der Waals surface area contributed by atoms with Gasteiger partial charge in [-0.25, -0.2) is 0 Å². The van der Waals surface area contributed by atoms with Crippen LogP contribution in [0.25, 0.3) is 0 Å². The second-order valence-corrected chi connectivity index (χ2v) is 5.91. The molecule has 0 saturated heterocycles. The highest BCUT2D eigenvalue weighted by molar-refractivity contribution is 6.30. The van der Waals surface area contributed by atoms with E-state index in [1.807, 2.05) is 12.1 Å². The van der Waals surface area contributed by atoms with Gasteiger partial charge in [0.1, 0.15) is 0 Å². The molecule has 1 aromatic rings. The van der Waals surface area contributed by atoms with Crippen molar-refractivity contribution in [3.8, 4) is 0 Å². The first kappa shape index (κ1) is 12.7. The second-order valence-electron chi connectivity index (χ2n) is 5.48. The molecule has 2 nitrogen and oxygen atoms in total. The number of carbonyl (C=O) groups excluding carboxylic acids is 1. The van der Waals surface area contributed by atoms with E-state index in [0.717, 1.165) is 31.4 Å². The first-order valence-corrected chi connectivity index (χ1v) is 7.35. The van der Waals surface area contributed by atoms with E-state index in [0.29, 0.717) is 16.9 Å². The Hall–Kier alpha value is -1.28. The van der Waals surface area contributed by atoms with E-state index in [1.54, 1.807) is 12.1 Å². The predicted octanol–water partition coefficient (Wildman–Crippen LogP) is 4.27. The second kappa shape index (κ2) is 5.38. The summed E-state index contributed by atoms with van der Waals surface area (Å²) in [6.07, 6.45) is 9.04. The SMILES string of the molecule is O=C(Nc1ccc(Cl)cc1)C1C2CCC=CCCC21. The number of nitrogens with one attached hydrogen (secondary N) is 1. The summed E-state index contributed by atoms with van der Waals surface area (Å²) in [6.45, 7) is 0. The fraction of sp³-hybridized carbons (Fsp3) is 0.438. The van der Waals surface area contributed by atoms with Gasteiger partial charge in [-0.2, -0.15) is 0 Å². The summed E-state index contributed by atoms with van der Waals surface area (Å²) < 4.78 is 0. The first-order chi connectivity index (χ1) is 9.25. The lowest BCUT2D eigenvalue weighted by Gasteiger charge is -2.04. The number of amides is 1. The molecular weight excluding hydrogens is 258 g/mol. The third-order valence-corrected chi connectivity index (χ3v) is 4.50. The summed E-state index contributed by atoms with van der Waals surface area (Å²) >= 11 is 5.84. The number of fused-ring (bicyclic) bond motifs is 1. The molecule has 19 heavy (non-hydrogen) atoms. The number of carbonyl (C=O) groups is 1. The van der Waals surface area contributed by atoms with E-state index >= 15 is 0 Å². The zero-order chi connectivity index (χ0) is 13.2. The van der Waals surface area contributed by atoms with Gasteiger partial charge in [0.05, 0.1) is 0 Å². The Bertz CT molecular complexity index is 478. The molecule has 2 atom stereocenters. The average molecular weight is 276 g/mol. The zero-order valence-corrected chi connectivity index (χ0v) is 11.6. The van der Waals surface area contributed by atoms with Crippen molar-refractivity contribution in [2.24, 2.45) is 17.8 Å². The molecule has 1 aromatic carbocycles. The van der Waals surface area contributed by atoms with E-state index < -0.39 is 0 Å². The van der Waals surface area contributed by atoms with Gasteiger partial charge in [-0.05, 0) is 61.8 Å². The Morgan fingerprint density at radius 3 is 2.21 bits per heavy atom. The monoisotopic (exact) mass is 275 g/mol. The molecule has 1 N–H and O–H groups in total. The molecule has 0 spiro atoms. The van der Waals surface area contributed by atoms with Gasteiger partial charge >= 0.3 is 0 Å². The highest BCUT2D eigenvalue weighted by Crippen LogP contribution is 2.53. The highest BCUT2D eigenvalue weighted by Gasteiger charge is 2.53. The van der Waals surface area contributed by atoms with Gasteiger partial charge in [-0.3, -0.25) is 4.79 Å². The third kappa shape index (κ3) is 2.84. The van der Waals surface area contributed by atoms with Crippen LogP contribution in [0.2, 0.25) is 5.02 Å². The van der Waals surface area contributed by atoms with Crippen molar-refractivity contribution in [3.05, 3.63) is 41.4 Å². The van der Waals surface area contributed by atoms with E-state index in [2.05, 4.69) is 17.5 Å². The predicted molar refractivity (Wildman–Crippen MR) is 78.2 cm³/mol. The smallest absolute Gasteiger partial charge is 0.228 e. The molecule has 1 fully saturated rings. The summed E-state index contributed by atoms with van der Waals surface area (Å²) in [5, 5.41) is 3.70. The van der Waals surface area contributed by atoms with Crippen LogP contribution in [0.5, 0.6) is 0 Å². The number of anilines is 1. The molecular formula is C16H18ClNO. The molecule has 3 heteroatoms. The van der Waals surface area contributed by atoms with Crippen molar-refractivity contribution in [1.82, 2.24) is 0 Å². The van der Waals surface area contributed by atoms with Crippen LogP contribution in [0, 0.1) is 17.8 Å². The Balaban J connectivity index is 1.61. The Kier molecular flexibility index (Phi) is 3.61. The standard InChI is InChI=1S/C16H18ClNO/c17-11-7-9-12(10-8-11)18-16(19)15-13-5-3-1-2-4-6-14(13)15/h1-2,7-10,13-15H,3-6H2,(H,18,19). The lowest BCUT2D eigenvalue weighted by Crippen LogP contribution is -2.15. The maximum atomic E-state index is 12.3. The maximum absolute atomic E-state index is 12.3. The van der Waals surface area contributed by atoms with E-state index in [1.165, 1.54) is 0 Å². The van der Waals surface area contributed by atoms with Gasteiger partial charge in [0, 0.05) is 16.6 Å². The molecule has 2 aliphatic rings. The van der Waals surface area contributed by atoms with Crippen LogP contribution < -0.4 is 5.32 Å². The minimum Gasteiger partial charge on any atom is -0.326 e. The molecule has 0 heterocycles. The maximum Gasteiger partial charge on any atom is 0.228 e. The molecule has 2 unspecified atom stereocenters. The normalized spacial score (nSPS) is 29.0. The quantitative estimate of drug-likeness (QED) is 0.803.